The van der Waals surface area contributed by atoms with Crippen molar-refractivity contribution in [3.05, 3.63) is 161 Å². The number of hydrogen-bond acceptors (Lipinski definition) is 22. The van der Waals surface area contributed by atoms with Crippen molar-refractivity contribution in [2.75, 3.05) is 87.8 Å². The molecule has 5 aliphatic rings. The molecule has 5 aliphatic heterocycles. The number of aryl methyl sites for hydroxylation is 2. The number of amides is 3. The molecule has 0 atom stereocenters. The molecule has 29 heteroatoms. The molecule has 15 rings (SSSR count). The number of fused-ring (bicyclic) bond motifs is 3. The normalized spacial score (nSPS) is 16.2. The predicted molar refractivity (Wildman–Crippen MR) is 369 cm³/mol. The standard InChI is InChI=1S/C23H23N7O2.C21H26BN3O3.C16H16N6O.C8H9ClN4O/c1-15-19-9-17(20-11-24-12-21(27-20)29-8-7-25-22(31)14-29)10-26-23(19)30(28-15)13-16-3-5-18(32-2)6-4-16;1-14-18-11-16(22-27-20(2,3)21(4,5)28-22)12-23-19(18)25(24-14)13-15-7-9-17(26-6)10-8-15;1-10-12-4-11(5-20-14(12)7-19-10)13-6-17-8-15(21-13)22-3-2-18-16(23)9-22;9-6-3-10-4-7(12-6)13-2-1-11-8(14)5-13/h3-6,9-12H,7-8,13-14H2,1-2H3,(H,25,31);7-12H,13H2,1-6H3;4-6,8H,2-3,7,9H2,1H3,(H,18,23);3-4H,1-2,5H2,(H,11,14). The lowest BCUT2D eigenvalue weighted by molar-refractivity contribution is -0.121. The van der Waals surface area contributed by atoms with Gasteiger partial charge in [-0.25, -0.2) is 34.3 Å². The number of methoxy groups -OCH3 is 2. The first kappa shape index (κ1) is 66.4. The van der Waals surface area contributed by atoms with Gasteiger partial charge in [-0.15, -0.1) is 0 Å². The Balaban J connectivity index is 0.000000128. The van der Waals surface area contributed by atoms with Gasteiger partial charge in [0.2, 0.25) is 17.7 Å². The van der Waals surface area contributed by atoms with Crippen LogP contribution in [-0.4, -0.2) is 179 Å². The first-order chi connectivity index (χ1) is 46.8. The highest BCUT2D eigenvalue weighted by Crippen LogP contribution is 2.37. The summed E-state index contributed by atoms with van der Waals surface area (Å²) in [5, 5.41) is 20.1. The smallest absolute Gasteiger partial charge is 0.496 e. The van der Waals surface area contributed by atoms with E-state index in [1.54, 1.807) is 51.4 Å². The summed E-state index contributed by atoms with van der Waals surface area (Å²) in [6.45, 7) is 21.0. The summed E-state index contributed by atoms with van der Waals surface area (Å²) in [6.07, 6.45) is 15.3. The topological polar surface area (TPSA) is 298 Å². The zero-order chi connectivity index (χ0) is 68.0. The van der Waals surface area contributed by atoms with Gasteiger partial charge in [0.05, 0.1) is 130 Å². The molecule has 3 N–H and O–H groups in total. The Bertz CT molecular complexity index is 4550. The molecule has 0 radical (unpaired) electrons. The molecule has 0 aliphatic carbocycles. The van der Waals surface area contributed by atoms with Gasteiger partial charge in [0, 0.05) is 96.5 Å². The van der Waals surface area contributed by atoms with Crippen LogP contribution >= 0.6 is 11.6 Å². The van der Waals surface area contributed by atoms with Gasteiger partial charge in [-0.3, -0.25) is 39.3 Å². The fraction of sp³-hybridized carbons (Fsp3) is 0.338. The number of pyridine rings is 3. The highest BCUT2D eigenvalue weighted by atomic mass is 35.5. The van der Waals surface area contributed by atoms with E-state index in [-0.39, 0.29) is 35.5 Å². The first-order valence-corrected chi connectivity index (χ1v) is 32.1. The Kier molecular flexibility index (Phi) is 19.7. The SMILES string of the molecule is CC1=NCc2ncc(-c3cncc(N4CCNC(=O)C4)n3)cc21.COc1ccc(Cn2nc(C)c3cc(-c4cncc(N5CCNC(=O)C5)n4)cnc32)cc1.COc1ccc(Cn2nc(C)c3cc(B4OC(C)(C)C(C)(C)O4)cnc32)cc1.O=C1CN(c2cncc(Cl)n2)CCN1. The second kappa shape index (κ2) is 28.8. The van der Waals surface area contributed by atoms with E-state index in [0.29, 0.717) is 87.2 Å². The van der Waals surface area contributed by atoms with Gasteiger partial charge in [0.1, 0.15) is 34.1 Å². The molecule has 27 nitrogen and oxygen atoms in total. The summed E-state index contributed by atoms with van der Waals surface area (Å²) in [7, 11) is 2.90. The third-order valence-corrected chi connectivity index (χ3v) is 17.6. The summed E-state index contributed by atoms with van der Waals surface area (Å²) in [6, 6.07) is 22.1. The Morgan fingerprint density at radius 3 is 1.46 bits per heavy atom. The Morgan fingerprint density at radius 1 is 0.546 bits per heavy atom. The van der Waals surface area contributed by atoms with E-state index in [4.69, 9.17) is 50.5 Å². The molecule has 0 bridgehead atoms. The Morgan fingerprint density at radius 2 is 0.990 bits per heavy atom. The van der Waals surface area contributed by atoms with Crippen LogP contribution in [0, 0.1) is 13.8 Å². The molecule has 0 spiro atoms. The van der Waals surface area contributed by atoms with Crippen LogP contribution in [0.2, 0.25) is 5.15 Å². The lowest BCUT2D eigenvalue weighted by Gasteiger charge is -2.32. The number of aliphatic imine (C=N–C) groups is 1. The molecule has 8 aromatic heterocycles. The van der Waals surface area contributed by atoms with Crippen LogP contribution in [0.25, 0.3) is 44.6 Å². The van der Waals surface area contributed by atoms with Gasteiger partial charge in [0.25, 0.3) is 0 Å². The molecule has 0 unspecified atom stereocenters. The van der Waals surface area contributed by atoms with Crippen molar-refractivity contribution in [1.29, 1.82) is 0 Å². The van der Waals surface area contributed by atoms with E-state index in [9.17, 15) is 14.4 Å². The number of aromatic nitrogens is 13. The van der Waals surface area contributed by atoms with Gasteiger partial charge in [0.15, 0.2) is 11.3 Å². The summed E-state index contributed by atoms with van der Waals surface area (Å²) in [5.74, 6) is 3.71. The van der Waals surface area contributed by atoms with Crippen molar-refractivity contribution in [3.8, 4) is 34.0 Å². The van der Waals surface area contributed by atoms with Crippen LogP contribution in [0.3, 0.4) is 0 Å². The van der Waals surface area contributed by atoms with Crippen molar-refractivity contribution in [2.24, 2.45) is 4.99 Å². The number of rotatable bonds is 12. The van der Waals surface area contributed by atoms with Crippen LogP contribution < -0.4 is 45.6 Å². The van der Waals surface area contributed by atoms with E-state index in [2.05, 4.69) is 95.7 Å². The van der Waals surface area contributed by atoms with Gasteiger partial charge in [-0.05, 0) is 102 Å². The molecule has 498 valence electrons. The summed E-state index contributed by atoms with van der Waals surface area (Å²) in [5.41, 5.74) is 12.3. The maximum absolute atomic E-state index is 11.7. The van der Waals surface area contributed by atoms with Crippen molar-refractivity contribution in [1.82, 2.24) is 80.4 Å². The number of hydrogen-bond donors (Lipinski definition) is 3. The third kappa shape index (κ3) is 15.4. The molecule has 4 fully saturated rings. The van der Waals surface area contributed by atoms with E-state index in [1.165, 1.54) is 6.20 Å². The molecule has 13 heterocycles. The van der Waals surface area contributed by atoms with Crippen molar-refractivity contribution >= 4 is 87.1 Å². The molecular formula is C68H74BClN20O7. The zero-order valence-electron chi connectivity index (χ0n) is 55.4. The van der Waals surface area contributed by atoms with E-state index >= 15 is 0 Å². The maximum Gasteiger partial charge on any atom is 0.496 e. The minimum Gasteiger partial charge on any atom is -0.497 e. The quantitative estimate of drug-likeness (QED) is 0.116. The number of benzene rings is 2. The van der Waals surface area contributed by atoms with Crippen molar-refractivity contribution in [2.45, 2.75) is 79.3 Å². The van der Waals surface area contributed by atoms with Crippen molar-refractivity contribution in [3.63, 3.8) is 0 Å². The van der Waals surface area contributed by atoms with E-state index < -0.39 is 7.12 Å². The summed E-state index contributed by atoms with van der Waals surface area (Å²) >= 11 is 5.70. The number of anilines is 3. The monoisotopic (exact) mass is 1330 g/mol. The maximum atomic E-state index is 11.7. The number of ether oxygens (including phenoxy) is 2. The summed E-state index contributed by atoms with van der Waals surface area (Å²) < 4.78 is 26.6. The number of nitrogens with zero attached hydrogens (tertiary/aromatic N) is 17. The van der Waals surface area contributed by atoms with Crippen LogP contribution in [0.4, 0.5) is 17.5 Å². The molecule has 2 aromatic carbocycles. The molecule has 97 heavy (non-hydrogen) atoms. The van der Waals surface area contributed by atoms with Gasteiger partial charge in [-0.1, -0.05) is 35.9 Å². The second-order valence-electron chi connectivity index (χ2n) is 24.7. The van der Waals surface area contributed by atoms with E-state index in [1.807, 2.05) is 112 Å². The minimum atomic E-state index is -0.425. The van der Waals surface area contributed by atoms with Gasteiger partial charge >= 0.3 is 7.12 Å². The Labute approximate surface area is 565 Å². The predicted octanol–water partition coefficient (Wildman–Crippen LogP) is 6.15. The minimum absolute atomic E-state index is 0.00183. The highest BCUT2D eigenvalue weighted by Gasteiger charge is 2.52. The molecule has 4 saturated heterocycles. The van der Waals surface area contributed by atoms with Crippen LogP contribution in [0.5, 0.6) is 11.5 Å². The number of nitrogens with one attached hydrogen (secondary N) is 3. The number of carbonyl (C=O) groups is 3. The highest BCUT2D eigenvalue weighted by molar-refractivity contribution is 6.62. The van der Waals surface area contributed by atoms with Gasteiger partial charge < -0.3 is 49.4 Å². The number of carbonyl (C=O) groups excluding carboxylic acids is 3. The van der Waals surface area contributed by atoms with Crippen LogP contribution in [0.15, 0.2) is 127 Å². The number of piperazine rings is 3. The zero-order valence-corrected chi connectivity index (χ0v) is 56.2. The molecular weight excluding hydrogens is 1260 g/mol. The third-order valence-electron chi connectivity index (χ3n) is 17.4. The second-order valence-corrected chi connectivity index (χ2v) is 25.1. The van der Waals surface area contributed by atoms with Crippen LogP contribution in [-0.2, 0) is 43.3 Å². The molecule has 0 saturated carbocycles. The summed E-state index contributed by atoms with van der Waals surface area (Å²) in [4.78, 5) is 84.3. The fourth-order valence-electron chi connectivity index (χ4n) is 11.3. The van der Waals surface area contributed by atoms with Gasteiger partial charge in [-0.2, -0.15) is 10.2 Å². The average Bonchev–Trinajstić information content (AvgIpc) is 1.65. The number of halogens is 1. The average molecular weight is 1330 g/mol. The lowest BCUT2D eigenvalue weighted by Crippen LogP contribution is -2.48. The van der Waals surface area contributed by atoms with Crippen LogP contribution in [0.1, 0.15) is 68.4 Å². The Hall–Kier alpha value is -10.6. The first-order valence-electron chi connectivity index (χ1n) is 31.7. The van der Waals surface area contributed by atoms with Crippen molar-refractivity contribution < 1.29 is 33.2 Å². The van der Waals surface area contributed by atoms with E-state index in [0.717, 1.165) is 108 Å². The fourth-order valence-corrected chi connectivity index (χ4v) is 11.5. The lowest BCUT2D eigenvalue weighted by atomic mass is 9.80. The molecule has 3 amide bonds. The largest absolute Gasteiger partial charge is 0.497 e. The molecule has 10 aromatic rings.